The number of carbonyl (C=O) groups is 2. The van der Waals surface area contributed by atoms with Crippen molar-refractivity contribution in [3.63, 3.8) is 0 Å². The average molecular weight is 462 g/mol. The number of para-hydroxylation sites is 2. The van der Waals surface area contributed by atoms with Crippen LogP contribution in [0.1, 0.15) is 52.1 Å². The Morgan fingerprint density at radius 1 is 1.18 bits per heavy atom. The van der Waals surface area contributed by atoms with Crippen molar-refractivity contribution in [3.8, 4) is 5.75 Å². The smallest absolute Gasteiger partial charge is 0.239 e. The highest BCUT2D eigenvalue weighted by molar-refractivity contribution is 6.01. The van der Waals surface area contributed by atoms with Crippen LogP contribution in [0.3, 0.4) is 0 Å². The number of ketones is 1. The Balaban J connectivity index is 1.89. The predicted octanol–water partition coefficient (Wildman–Crippen LogP) is 5.08. The molecular weight excluding hydrogens is 426 g/mol. The molecule has 1 unspecified atom stereocenters. The Kier molecular flexibility index (Phi) is 6.69. The number of benzene rings is 2. The van der Waals surface area contributed by atoms with E-state index in [4.69, 9.17) is 4.74 Å². The van der Waals surface area contributed by atoms with Gasteiger partial charge in [-0.2, -0.15) is 0 Å². The molecule has 1 aliphatic heterocycles. The molecule has 2 aromatic carbocycles. The van der Waals surface area contributed by atoms with Gasteiger partial charge in [0.1, 0.15) is 5.75 Å². The number of allylic oxidation sites excluding steroid dienone is 1. The van der Waals surface area contributed by atoms with E-state index >= 15 is 0 Å². The lowest BCUT2D eigenvalue weighted by molar-refractivity contribution is -0.120. The van der Waals surface area contributed by atoms with Gasteiger partial charge in [-0.3, -0.25) is 9.59 Å². The third kappa shape index (κ3) is 4.96. The van der Waals surface area contributed by atoms with E-state index in [0.29, 0.717) is 18.9 Å². The normalized spacial score (nSPS) is 19.2. The van der Waals surface area contributed by atoms with Crippen LogP contribution < -0.4 is 20.3 Å². The number of Topliss-reactive ketones (excluding diaryl/α,β-unsaturated/α-hetero) is 1. The minimum absolute atomic E-state index is 0.0657. The molecule has 0 saturated carbocycles. The van der Waals surface area contributed by atoms with Crippen molar-refractivity contribution in [1.29, 1.82) is 0 Å². The highest BCUT2D eigenvalue weighted by Gasteiger charge is 2.41. The van der Waals surface area contributed by atoms with E-state index in [1.807, 2.05) is 48.5 Å². The minimum Gasteiger partial charge on any atom is -0.497 e. The molecule has 34 heavy (non-hydrogen) atoms. The van der Waals surface area contributed by atoms with E-state index in [1.54, 1.807) is 7.11 Å². The molecular formula is C28H35N3O3. The third-order valence-electron chi connectivity index (χ3n) is 6.44. The lowest BCUT2D eigenvalue weighted by Crippen LogP contribution is -2.42. The molecule has 1 amide bonds. The lowest BCUT2D eigenvalue weighted by atomic mass is 9.73. The van der Waals surface area contributed by atoms with Crippen LogP contribution in [0.2, 0.25) is 0 Å². The van der Waals surface area contributed by atoms with Crippen LogP contribution in [-0.4, -0.2) is 31.9 Å². The van der Waals surface area contributed by atoms with E-state index in [0.717, 1.165) is 40.4 Å². The van der Waals surface area contributed by atoms with Gasteiger partial charge in [-0.25, -0.2) is 0 Å². The Hall–Kier alpha value is -3.28. The summed E-state index contributed by atoms with van der Waals surface area (Å²) >= 11 is 0. The summed E-state index contributed by atoms with van der Waals surface area (Å²) in [5.74, 6) is 1.13. The molecule has 4 rings (SSSR count). The largest absolute Gasteiger partial charge is 0.497 e. The first-order valence-corrected chi connectivity index (χ1v) is 12.0. The second-order valence-corrected chi connectivity index (χ2v) is 10.5. The third-order valence-corrected chi connectivity index (χ3v) is 6.44. The first kappa shape index (κ1) is 23.9. The highest BCUT2D eigenvalue weighted by atomic mass is 16.5. The van der Waals surface area contributed by atoms with Gasteiger partial charge in [0.2, 0.25) is 5.91 Å². The molecule has 0 bridgehead atoms. The van der Waals surface area contributed by atoms with Crippen molar-refractivity contribution in [3.05, 3.63) is 65.4 Å². The fourth-order valence-corrected chi connectivity index (χ4v) is 4.91. The van der Waals surface area contributed by atoms with Crippen molar-refractivity contribution in [1.82, 2.24) is 5.32 Å². The second kappa shape index (κ2) is 9.53. The number of rotatable bonds is 6. The molecule has 1 aliphatic carbocycles. The Labute approximate surface area is 202 Å². The van der Waals surface area contributed by atoms with Crippen LogP contribution in [0.15, 0.2) is 59.8 Å². The zero-order valence-electron chi connectivity index (χ0n) is 20.8. The number of anilines is 2. The summed E-state index contributed by atoms with van der Waals surface area (Å²) in [6.45, 7) is 9.15. The summed E-state index contributed by atoms with van der Waals surface area (Å²) in [6.07, 6.45) is 1.23. The van der Waals surface area contributed by atoms with Crippen LogP contribution in [0, 0.1) is 11.3 Å². The number of amides is 1. The average Bonchev–Trinajstić information content (AvgIpc) is 2.91. The van der Waals surface area contributed by atoms with Gasteiger partial charge in [-0.05, 0) is 47.6 Å². The molecule has 2 aromatic rings. The van der Waals surface area contributed by atoms with E-state index in [9.17, 15) is 9.59 Å². The maximum absolute atomic E-state index is 13.7. The number of nitrogens with zero attached hydrogens (tertiary/aromatic N) is 1. The van der Waals surface area contributed by atoms with Gasteiger partial charge in [-0.1, -0.05) is 52.0 Å². The number of nitrogens with one attached hydrogen (secondary N) is 2. The van der Waals surface area contributed by atoms with Gasteiger partial charge in [0.05, 0.1) is 31.1 Å². The van der Waals surface area contributed by atoms with Crippen LogP contribution >= 0.6 is 0 Å². The van der Waals surface area contributed by atoms with E-state index in [2.05, 4.69) is 43.2 Å². The van der Waals surface area contributed by atoms with Crippen molar-refractivity contribution < 1.29 is 14.3 Å². The van der Waals surface area contributed by atoms with E-state index < -0.39 is 6.04 Å². The molecule has 6 heteroatoms. The maximum atomic E-state index is 13.7. The van der Waals surface area contributed by atoms with E-state index in [1.165, 1.54) is 0 Å². The number of hydrogen-bond acceptors (Lipinski definition) is 5. The molecule has 1 atom stereocenters. The van der Waals surface area contributed by atoms with Crippen LogP contribution in [0.4, 0.5) is 11.4 Å². The van der Waals surface area contributed by atoms with Gasteiger partial charge < -0.3 is 20.3 Å². The van der Waals surface area contributed by atoms with Gasteiger partial charge in [0.25, 0.3) is 0 Å². The molecule has 0 aromatic heterocycles. The highest BCUT2D eigenvalue weighted by Crippen LogP contribution is 2.48. The first-order valence-electron chi connectivity index (χ1n) is 12.0. The number of fused-ring (bicyclic) bond motifs is 1. The zero-order chi connectivity index (χ0) is 24.5. The fourth-order valence-electron chi connectivity index (χ4n) is 4.91. The molecule has 1 heterocycles. The number of carbonyl (C=O) groups excluding carboxylic acids is 2. The van der Waals surface area contributed by atoms with E-state index in [-0.39, 0.29) is 23.7 Å². The summed E-state index contributed by atoms with van der Waals surface area (Å²) in [6, 6.07) is 15.4. The summed E-state index contributed by atoms with van der Waals surface area (Å²) in [5, 5.41) is 6.63. The standard InChI is InChI=1S/C28H35N3O3/c1-18(2)16-29-25(33)17-31-23-12-7-6-11-21(23)30-22-14-28(3,4)15-24(32)26(22)27(31)19-9-8-10-20(13-19)34-5/h6-13,18,27,30H,14-17H2,1-5H3,(H,29,33). The number of ether oxygens (including phenoxy) is 1. The van der Waals surface area contributed by atoms with Gasteiger partial charge in [0.15, 0.2) is 5.78 Å². The predicted molar refractivity (Wildman–Crippen MR) is 136 cm³/mol. The lowest BCUT2D eigenvalue weighted by Gasteiger charge is -2.38. The second-order valence-electron chi connectivity index (χ2n) is 10.5. The number of hydrogen-bond donors (Lipinski definition) is 2. The fraction of sp³-hybridized carbons (Fsp3) is 0.429. The summed E-state index contributed by atoms with van der Waals surface area (Å²) < 4.78 is 5.51. The van der Waals surface area contributed by atoms with Crippen LogP contribution in [0.5, 0.6) is 5.75 Å². The Bertz CT molecular complexity index is 1120. The SMILES string of the molecule is COc1cccc(C2C3=C(CC(C)(C)CC3=O)Nc3ccccc3N2CC(=O)NCC(C)C)c1. The first-order chi connectivity index (χ1) is 16.2. The Morgan fingerprint density at radius 2 is 1.94 bits per heavy atom. The van der Waals surface area contributed by atoms with Crippen molar-refractivity contribution in [2.24, 2.45) is 11.3 Å². The van der Waals surface area contributed by atoms with Gasteiger partial charge in [0, 0.05) is 24.2 Å². The summed E-state index contributed by atoms with van der Waals surface area (Å²) in [7, 11) is 1.64. The summed E-state index contributed by atoms with van der Waals surface area (Å²) in [4.78, 5) is 28.8. The molecule has 0 fully saturated rings. The molecule has 180 valence electrons. The van der Waals surface area contributed by atoms with Gasteiger partial charge in [-0.15, -0.1) is 0 Å². The molecule has 0 spiro atoms. The summed E-state index contributed by atoms with van der Waals surface area (Å²) in [5.41, 5.74) is 4.26. The van der Waals surface area contributed by atoms with Crippen molar-refractivity contribution >= 4 is 23.1 Å². The molecule has 0 saturated heterocycles. The molecule has 2 N–H and O–H groups in total. The van der Waals surface area contributed by atoms with Crippen LogP contribution in [-0.2, 0) is 9.59 Å². The topological polar surface area (TPSA) is 70.7 Å². The monoisotopic (exact) mass is 461 g/mol. The quantitative estimate of drug-likeness (QED) is 0.628. The van der Waals surface area contributed by atoms with Crippen molar-refractivity contribution in [2.75, 3.05) is 30.4 Å². The molecule has 2 aliphatic rings. The minimum atomic E-state index is -0.408. The van der Waals surface area contributed by atoms with Crippen LogP contribution in [0.25, 0.3) is 0 Å². The maximum Gasteiger partial charge on any atom is 0.239 e. The number of methoxy groups -OCH3 is 1. The Morgan fingerprint density at radius 3 is 2.68 bits per heavy atom. The molecule has 6 nitrogen and oxygen atoms in total. The van der Waals surface area contributed by atoms with Gasteiger partial charge >= 0.3 is 0 Å². The van der Waals surface area contributed by atoms with Crippen molar-refractivity contribution in [2.45, 2.75) is 46.6 Å². The molecule has 0 radical (unpaired) electrons. The zero-order valence-corrected chi connectivity index (χ0v) is 20.8.